The maximum Gasteiger partial charge on any atom is 0.150 e. The first kappa shape index (κ1) is 6.92. The molecular formula is C9H8OS. The molecule has 56 valence electrons. The minimum atomic E-state index is 0.868. The molecule has 11 heavy (non-hydrogen) atoms. The number of fused-ring (bicyclic) bond motifs is 1. The molecule has 0 atom stereocenters. The summed E-state index contributed by atoms with van der Waals surface area (Å²) in [5, 5.41) is 0. The molecule has 1 aliphatic heterocycles. The first-order chi connectivity index (χ1) is 5.42. The quantitative estimate of drug-likeness (QED) is 0.591. The molecule has 0 spiro atoms. The molecule has 0 aromatic heterocycles. The number of hydrogen-bond donors (Lipinski definition) is 0. The summed E-state index contributed by atoms with van der Waals surface area (Å²) < 4.78 is 0. The van der Waals surface area contributed by atoms with Crippen LogP contribution >= 0.6 is 11.8 Å². The molecule has 1 aromatic rings. The van der Waals surface area contributed by atoms with Crippen LogP contribution in [0.4, 0.5) is 0 Å². The molecule has 1 heterocycles. The Bertz CT molecular complexity index is 294. The van der Waals surface area contributed by atoms with E-state index in [1.165, 1.54) is 10.5 Å². The van der Waals surface area contributed by atoms with Crippen molar-refractivity contribution in [3.63, 3.8) is 0 Å². The van der Waals surface area contributed by atoms with E-state index in [1.807, 2.05) is 23.9 Å². The predicted molar refractivity (Wildman–Crippen MR) is 46.3 cm³/mol. The Balaban J connectivity index is 2.58. The van der Waals surface area contributed by atoms with Gasteiger partial charge in [-0.25, -0.2) is 0 Å². The Hall–Kier alpha value is -0.760. The second kappa shape index (κ2) is 2.70. The number of rotatable bonds is 1. The van der Waals surface area contributed by atoms with Crippen molar-refractivity contribution >= 4 is 18.0 Å². The highest BCUT2D eigenvalue weighted by molar-refractivity contribution is 7.99. The Morgan fingerprint density at radius 2 is 2.36 bits per heavy atom. The Morgan fingerprint density at radius 3 is 3.18 bits per heavy atom. The van der Waals surface area contributed by atoms with Crippen molar-refractivity contribution in [2.45, 2.75) is 11.3 Å². The summed E-state index contributed by atoms with van der Waals surface area (Å²) in [7, 11) is 0. The largest absolute Gasteiger partial charge is 0.298 e. The summed E-state index contributed by atoms with van der Waals surface area (Å²) in [5.41, 5.74) is 2.11. The smallest absolute Gasteiger partial charge is 0.150 e. The highest BCUT2D eigenvalue weighted by Crippen LogP contribution is 2.32. The number of thioether (sulfide) groups is 1. The predicted octanol–water partition coefficient (Wildman–Crippen LogP) is 2.15. The normalized spacial score (nSPS) is 14.5. The molecule has 0 radical (unpaired) electrons. The minimum Gasteiger partial charge on any atom is -0.298 e. The van der Waals surface area contributed by atoms with Crippen LogP contribution in [0.15, 0.2) is 23.1 Å². The van der Waals surface area contributed by atoms with Crippen molar-refractivity contribution in [3.8, 4) is 0 Å². The number of aldehydes is 1. The SMILES string of the molecule is O=Cc1cccc2c1CCS2. The van der Waals surface area contributed by atoms with Gasteiger partial charge in [-0.2, -0.15) is 0 Å². The average Bonchev–Trinajstić information content (AvgIpc) is 2.50. The van der Waals surface area contributed by atoms with Gasteiger partial charge < -0.3 is 0 Å². The van der Waals surface area contributed by atoms with E-state index in [0.717, 1.165) is 24.0 Å². The summed E-state index contributed by atoms with van der Waals surface area (Å²) in [4.78, 5) is 11.8. The van der Waals surface area contributed by atoms with Crippen LogP contribution in [0.2, 0.25) is 0 Å². The van der Waals surface area contributed by atoms with Gasteiger partial charge in [0.05, 0.1) is 0 Å². The van der Waals surface area contributed by atoms with Gasteiger partial charge in [-0.05, 0) is 18.1 Å². The van der Waals surface area contributed by atoms with Crippen LogP contribution in [0.5, 0.6) is 0 Å². The molecule has 0 unspecified atom stereocenters. The van der Waals surface area contributed by atoms with Gasteiger partial charge in [0, 0.05) is 16.2 Å². The van der Waals surface area contributed by atoms with Crippen molar-refractivity contribution in [1.82, 2.24) is 0 Å². The fraction of sp³-hybridized carbons (Fsp3) is 0.222. The van der Waals surface area contributed by atoms with E-state index in [-0.39, 0.29) is 0 Å². The molecule has 0 N–H and O–H groups in total. The molecule has 0 fully saturated rings. The van der Waals surface area contributed by atoms with Crippen LogP contribution in [0, 0.1) is 0 Å². The molecule has 0 aliphatic carbocycles. The topological polar surface area (TPSA) is 17.1 Å². The van der Waals surface area contributed by atoms with Crippen molar-refractivity contribution < 1.29 is 4.79 Å². The van der Waals surface area contributed by atoms with E-state index >= 15 is 0 Å². The van der Waals surface area contributed by atoms with Gasteiger partial charge in [0.1, 0.15) is 6.29 Å². The highest BCUT2D eigenvalue weighted by Gasteiger charge is 2.13. The van der Waals surface area contributed by atoms with E-state index in [2.05, 4.69) is 6.07 Å². The summed E-state index contributed by atoms with van der Waals surface area (Å²) in [5.74, 6) is 1.13. The third-order valence-electron chi connectivity index (χ3n) is 1.91. The molecule has 2 rings (SSSR count). The molecule has 0 amide bonds. The summed E-state index contributed by atoms with van der Waals surface area (Å²) in [6.45, 7) is 0. The van der Waals surface area contributed by atoms with E-state index in [9.17, 15) is 4.79 Å². The van der Waals surface area contributed by atoms with Gasteiger partial charge in [-0.15, -0.1) is 11.8 Å². The number of carbonyl (C=O) groups is 1. The van der Waals surface area contributed by atoms with Crippen molar-refractivity contribution in [2.75, 3.05) is 5.75 Å². The van der Waals surface area contributed by atoms with Crippen molar-refractivity contribution in [2.24, 2.45) is 0 Å². The Morgan fingerprint density at radius 1 is 1.45 bits per heavy atom. The van der Waals surface area contributed by atoms with Crippen LogP contribution in [-0.4, -0.2) is 12.0 Å². The fourth-order valence-electron chi connectivity index (χ4n) is 1.36. The number of hydrogen-bond acceptors (Lipinski definition) is 2. The molecule has 0 saturated carbocycles. The van der Waals surface area contributed by atoms with Crippen LogP contribution in [-0.2, 0) is 6.42 Å². The zero-order chi connectivity index (χ0) is 7.68. The molecule has 0 saturated heterocycles. The zero-order valence-corrected chi connectivity index (χ0v) is 6.86. The van der Waals surface area contributed by atoms with Gasteiger partial charge in [-0.1, -0.05) is 12.1 Å². The Kier molecular flexibility index (Phi) is 1.70. The van der Waals surface area contributed by atoms with Gasteiger partial charge in [-0.3, -0.25) is 4.79 Å². The lowest BCUT2D eigenvalue weighted by Crippen LogP contribution is -1.89. The highest BCUT2D eigenvalue weighted by atomic mass is 32.2. The van der Waals surface area contributed by atoms with E-state index in [0.29, 0.717) is 0 Å². The van der Waals surface area contributed by atoms with Gasteiger partial charge in [0.2, 0.25) is 0 Å². The Labute approximate surface area is 69.8 Å². The lowest BCUT2D eigenvalue weighted by Gasteiger charge is -1.98. The first-order valence-electron chi connectivity index (χ1n) is 3.61. The summed E-state index contributed by atoms with van der Waals surface area (Å²) in [6, 6.07) is 5.92. The maximum absolute atomic E-state index is 10.6. The van der Waals surface area contributed by atoms with Gasteiger partial charge in [0.25, 0.3) is 0 Å². The number of benzene rings is 1. The lowest BCUT2D eigenvalue weighted by atomic mass is 10.1. The first-order valence-corrected chi connectivity index (χ1v) is 4.60. The van der Waals surface area contributed by atoms with Crippen LogP contribution < -0.4 is 0 Å². The van der Waals surface area contributed by atoms with Gasteiger partial charge >= 0.3 is 0 Å². The maximum atomic E-state index is 10.6. The summed E-state index contributed by atoms with van der Waals surface area (Å²) in [6.07, 6.45) is 2.00. The third-order valence-corrected chi connectivity index (χ3v) is 3.01. The van der Waals surface area contributed by atoms with Crippen LogP contribution in [0.1, 0.15) is 15.9 Å². The molecule has 2 heteroatoms. The lowest BCUT2D eigenvalue weighted by molar-refractivity contribution is 0.112. The van der Waals surface area contributed by atoms with E-state index in [4.69, 9.17) is 0 Å². The molecular weight excluding hydrogens is 156 g/mol. The molecule has 1 aromatic carbocycles. The second-order valence-electron chi connectivity index (χ2n) is 2.54. The third kappa shape index (κ3) is 1.07. The monoisotopic (exact) mass is 164 g/mol. The molecule has 0 bridgehead atoms. The fourth-order valence-corrected chi connectivity index (χ4v) is 2.45. The molecule has 1 aliphatic rings. The zero-order valence-electron chi connectivity index (χ0n) is 6.04. The van der Waals surface area contributed by atoms with Crippen molar-refractivity contribution in [3.05, 3.63) is 29.3 Å². The van der Waals surface area contributed by atoms with E-state index < -0.39 is 0 Å². The summed E-state index contributed by atoms with van der Waals surface area (Å²) >= 11 is 1.84. The number of carbonyl (C=O) groups excluding carboxylic acids is 1. The second-order valence-corrected chi connectivity index (χ2v) is 3.68. The molecule has 1 nitrogen and oxygen atoms in total. The van der Waals surface area contributed by atoms with Gasteiger partial charge in [0.15, 0.2) is 0 Å². The van der Waals surface area contributed by atoms with Crippen LogP contribution in [0.3, 0.4) is 0 Å². The van der Waals surface area contributed by atoms with E-state index in [1.54, 1.807) is 0 Å². The standard InChI is InChI=1S/C9H8OS/c10-6-7-2-1-3-9-8(7)4-5-11-9/h1-3,6H,4-5H2. The van der Waals surface area contributed by atoms with Crippen molar-refractivity contribution in [1.29, 1.82) is 0 Å². The van der Waals surface area contributed by atoms with Crippen LogP contribution in [0.25, 0.3) is 0 Å². The average molecular weight is 164 g/mol. The minimum absolute atomic E-state index is 0.868.